The maximum atomic E-state index is 13.3. The standard InChI is InChI=1S/C22H22N6O5/c1-23-17(29)10-24-18(30)13-28-21(31)19-20(25-14-26(19)12-16-8-5-9-33-16)27(22(28)32)11-15-6-3-2-4-7-15/h2-9,14H,10-13H2,1H3,(H,23,29)(H,24,30). The molecule has 0 atom stereocenters. The molecule has 0 spiro atoms. The SMILES string of the molecule is CNC(=O)CNC(=O)Cn1c(=O)c2c(ncn2Cc2ccco2)n(Cc2ccccc2)c1=O. The van der Waals surface area contributed by atoms with Gasteiger partial charge in [-0.15, -0.1) is 0 Å². The fraction of sp³-hybridized carbons (Fsp3) is 0.227. The van der Waals surface area contributed by atoms with Gasteiger partial charge in [-0.25, -0.2) is 14.3 Å². The number of amides is 2. The van der Waals surface area contributed by atoms with Crippen molar-refractivity contribution >= 4 is 23.0 Å². The first-order chi connectivity index (χ1) is 16.0. The lowest BCUT2D eigenvalue weighted by Crippen LogP contribution is -2.45. The quantitative estimate of drug-likeness (QED) is 0.386. The highest BCUT2D eigenvalue weighted by molar-refractivity contribution is 5.84. The minimum absolute atomic E-state index is 0.161. The van der Waals surface area contributed by atoms with Crippen molar-refractivity contribution in [3.05, 3.63) is 87.2 Å². The molecule has 0 aliphatic carbocycles. The maximum absolute atomic E-state index is 13.3. The molecule has 3 heterocycles. The summed E-state index contributed by atoms with van der Waals surface area (Å²) in [6.07, 6.45) is 2.99. The molecule has 0 aliphatic heterocycles. The number of hydrogen-bond donors (Lipinski definition) is 2. The highest BCUT2D eigenvalue weighted by Crippen LogP contribution is 2.12. The summed E-state index contributed by atoms with van der Waals surface area (Å²) in [6.45, 7) is -0.411. The lowest BCUT2D eigenvalue weighted by Gasteiger charge is -2.13. The van der Waals surface area contributed by atoms with E-state index >= 15 is 0 Å². The normalized spacial score (nSPS) is 10.9. The molecule has 11 nitrogen and oxygen atoms in total. The fourth-order valence-corrected chi connectivity index (χ4v) is 3.44. The van der Waals surface area contributed by atoms with Crippen molar-refractivity contribution < 1.29 is 14.0 Å². The third kappa shape index (κ3) is 4.61. The van der Waals surface area contributed by atoms with Crippen molar-refractivity contribution in [2.75, 3.05) is 13.6 Å². The van der Waals surface area contributed by atoms with Crippen LogP contribution in [0.25, 0.3) is 11.2 Å². The summed E-state index contributed by atoms with van der Waals surface area (Å²) in [5.41, 5.74) is -0.118. The van der Waals surface area contributed by atoms with Crippen LogP contribution in [0.15, 0.2) is 69.1 Å². The van der Waals surface area contributed by atoms with Gasteiger partial charge >= 0.3 is 5.69 Å². The van der Waals surface area contributed by atoms with Crippen LogP contribution >= 0.6 is 0 Å². The third-order valence-corrected chi connectivity index (χ3v) is 5.10. The van der Waals surface area contributed by atoms with Crippen molar-refractivity contribution in [2.45, 2.75) is 19.6 Å². The second-order valence-corrected chi connectivity index (χ2v) is 7.32. The van der Waals surface area contributed by atoms with Gasteiger partial charge in [0.2, 0.25) is 11.8 Å². The van der Waals surface area contributed by atoms with Crippen LogP contribution in [0, 0.1) is 0 Å². The number of nitrogens with one attached hydrogen (secondary N) is 2. The number of rotatable bonds is 8. The Morgan fingerprint density at radius 1 is 1.00 bits per heavy atom. The van der Waals surface area contributed by atoms with Crippen molar-refractivity contribution in [3.63, 3.8) is 0 Å². The lowest BCUT2D eigenvalue weighted by atomic mass is 10.2. The molecule has 2 amide bonds. The molecule has 0 unspecified atom stereocenters. The molecule has 0 bridgehead atoms. The zero-order chi connectivity index (χ0) is 23.4. The van der Waals surface area contributed by atoms with E-state index < -0.39 is 29.6 Å². The van der Waals surface area contributed by atoms with Gasteiger partial charge in [0.25, 0.3) is 5.56 Å². The van der Waals surface area contributed by atoms with E-state index in [4.69, 9.17) is 4.42 Å². The Labute approximate surface area is 187 Å². The summed E-state index contributed by atoms with van der Waals surface area (Å²) in [5, 5.41) is 4.79. The molecule has 0 saturated carbocycles. The number of nitrogens with zero attached hydrogens (tertiary/aromatic N) is 4. The summed E-state index contributed by atoms with van der Waals surface area (Å²) in [4.78, 5) is 54.7. The number of fused-ring (bicyclic) bond motifs is 1. The number of furan rings is 1. The Kier molecular flexibility index (Phi) is 6.20. The minimum Gasteiger partial charge on any atom is -0.467 e. The van der Waals surface area contributed by atoms with Gasteiger partial charge in [0.1, 0.15) is 12.3 Å². The van der Waals surface area contributed by atoms with Gasteiger partial charge < -0.3 is 19.6 Å². The minimum atomic E-state index is -0.672. The molecule has 0 fully saturated rings. The monoisotopic (exact) mass is 450 g/mol. The zero-order valence-electron chi connectivity index (χ0n) is 17.9. The van der Waals surface area contributed by atoms with Crippen LogP contribution in [0.5, 0.6) is 0 Å². The first kappa shape index (κ1) is 21.8. The number of aromatic nitrogens is 4. The van der Waals surface area contributed by atoms with Crippen LogP contribution < -0.4 is 21.9 Å². The van der Waals surface area contributed by atoms with E-state index in [0.717, 1.165) is 10.1 Å². The number of likely N-dealkylation sites (N-methyl/N-ethyl adjacent to an activating group) is 1. The highest BCUT2D eigenvalue weighted by atomic mass is 16.3. The van der Waals surface area contributed by atoms with Gasteiger partial charge in [0.15, 0.2) is 11.2 Å². The molecule has 33 heavy (non-hydrogen) atoms. The lowest BCUT2D eigenvalue weighted by molar-refractivity contribution is -0.126. The molecule has 0 aliphatic rings. The molecule has 4 aromatic rings. The van der Waals surface area contributed by atoms with Gasteiger partial charge in [-0.1, -0.05) is 30.3 Å². The number of imidazole rings is 1. The number of carbonyl (C=O) groups excluding carboxylic acids is 2. The van der Waals surface area contributed by atoms with E-state index in [1.807, 2.05) is 30.3 Å². The van der Waals surface area contributed by atoms with Crippen molar-refractivity contribution in [1.29, 1.82) is 0 Å². The Morgan fingerprint density at radius 3 is 2.48 bits per heavy atom. The van der Waals surface area contributed by atoms with Gasteiger partial charge in [0.05, 0.1) is 32.2 Å². The first-order valence-electron chi connectivity index (χ1n) is 10.2. The summed E-state index contributed by atoms with van der Waals surface area (Å²) in [5.74, 6) is -0.436. The second-order valence-electron chi connectivity index (χ2n) is 7.32. The van der Waals surface area contributed by atoms with Gasteiger partial charge in [-0.2, -0.15) is 0 Å². The Morgan fingerprint density at radius 2 is 1.79 bits per heavy atom. The second kappa shape index (κ2) is 9.39. The van der Waals surface area contributed by atoms with Gasteiger partial charge in [0, 0.05) is 7.05 Å². The number of carbonyl (C=O) groups is 2. The average molecular weight is 450 g/mol. The molecular weight excluding hydrogens is 428 g/mol. The Hall–Kier alpha value is -4.41. The average Bonchev–Trinajstić information content (AvgIpc) is 3.49. The van der Waals surface area contributed by atoms with E-state index in [1.54, 1.807) is 16.7 Å². The Balaban J connectivity index is 1.80. The van der Waals surface area contributed by atoms with Gasteiger partial charge in [-0.3, -0.25) is 19.0 Å². The Bertz CT molecular complexity index is 1400. The smallest absolute Gasteiger partial charge is 0.333 e. The van der Waals surface area contributed by atoms with Crippen molar-refractivity contribution in [2.24, 2.45) is 0 Å². The molecule has 2 N–H and O–H groups in total. The van der Waals surface area contributed by atoms with Crippen molar-refractivity contribution in [1.82, 2.24) is 29.3 Å². The number of benzene rings is 1. The van der Waals surface area contributed by atoms with Gasteiger partial charge in [-0.05, 0) is 17.7 Å². The maximum Gasteiger partial charge on any atom is 0.333 e. The first-order valence-corrected chi connectivity index (χ1v) is 10.2. The molecule has 1 aromatic carbocycles. The molecule has 0 radical (unpaired) electrons. The topological polar surface area (TPSA) is 133 Å². The number of hydrogen-bond acceptors (Lipinski definition) is 6. The molecule has 170 valence electrons. The van der Waals surface area contributed by atoms with E-state index in [2.05, 4.69) is 15.6 Å². The van der Waals surface area contributed by atoms with E-state index in [0.29, 0.717) is 5.76 Å². The van der Waals surface area contributed by atoms with E-state index in [1.165, 1.54) is 24.2 Å². The third-order valence-electron chi connectivity index (χ3n) is 5.10. The molecular formula is C22H22N6O5. The summed E-state index contributed by atoms with van der Waals surface area (Å²) in [7, 11) is 1.44. The zero-order valence-corrected chi connectivity index (χ0v) is 17.9. The summed E-state index contributed by atoms with van der Waals surface area (Å²) in [6, 6.07) is 12.7. The summed E-state index contributed by atoms with van der Waals surface area (Å²) < 4.78 is 9.17. The van der Waals surface area contributed by atoms with Crippen LogP contribution in [0.3, 0.4) is 0 Å². The molecule has 3 aromatic heterocycles. The van der Waals surface area contributed by atoms with Crippen LogP contribution in [0.2, 0.25) is 0 Å². The van der Waals surface area contributed by atoms with Crippen LogP contribution in [-0.2, 0) is 29.2 Å². The van der Waals surface area contributed by atoms with Crippen LogP contribution in [0.1, 0.15) is 11.3 Å². The largest absolute Gasteiger partial charge is 0.467 e. The molecule has 11 heteroatoms. The predicted molar refractivity (Wildman–Crippen MR) is 119 cm³/mol. The molecule has 4 rings (SSSR count). The van der Waals surface area contributed by atoms with E-state index in [-0.39, 0.29) is 30.8 Å². The van der Waals surface area contributed by atoms with Crippen molar-refractivity contribution in [3.8, 4) is 0 Å². The predicted octanol–water partition coefficient (Wildman–Crippen LogP) is -0.0885. The highest BCUT2D eigenvalue weighted by Gasteiger charge is 2.20. The van der Waals surface area contributed by atoms with Crippen LogP contribution in [-0.4, -0.2) is 44.1 Å². The van der Waals surface area contributed by atoms with E-state index in [9.17, 15) is 19.2 Å². The molecule has 0 saturated heterocycles. The fourth-order valence-electron chi connectivity index (χ4n) is 3.44. The summed E-state index contributed by atoms with van der Waals surface area (Å²) >= 11 is 0. The van der Waals surface area contributed by atoms with Crippen LogP contribution in [0.4, 0.5) is 0 Å².